The third kappa shape index (κ3) is 4.99. The minimum atomic E-state index is -2.90. The first-order chi connectivity index (χ1) is 6.92. The lowest BCUT2D eigenvalue weighted by Crippen LogP contribution is -2.44. The van der Waals surface area contributed by atoms with Gasteiger partial charge in [-0.3, -0.25) is 0 Å². The Bertz CT molecular complexity index is 293. The van der Waals surface area contributed by atoms with Crippen molar-refractivity contribution in [1.82, 2.24) is 4.90 Å². The normalized spacial score (nSPS) is 23.1. The van der Waals surface area contributed by atoms with Crippen LogP contribution < -0.4 is 5.73 Å². The summed E-state index contributed by atoms with van der Waals surface area (Å²) < 4.78 is 23.2. The molecule has 0 saturated carbocycles. The number of hydrogen-bond acceptors (Lipinski definition) is 4. The quantitative estimate of drug-likeness (QED) is 0.815. The SMILES string of the molecule is CC(C)S(=O)(=O)CCN1CCCC(N)C1.Cl. The molecule has 1 saturated heterocycles. The van der Waals surface area contributed by atoms with Crippen LogP contribution in [0.15, 0.2) is 0 Å². The number of rotatable bonds is 4. The number of hydrogen-bond donors (Lipinski definition) is 1. The average Bonchev–Trinajstić information content (AvgIpc) is 2.15. The van der Waals surface area contributed by atoms with Crippen LogP contribution in [0.5, 0.6) is 0 Å². The lowest BCUT2D eigenvalue weighted by atomic mass is 10.1. The third-order valence-corrected chi connectivity index (χ3v) is 5.14. The van der Waals surface area contributed by atoms with E-state index in [0.717, 1.165) is 25.9 Å². The molecule has 0 aromatic carbocycles. The number of sulfone groups is 1. The predicted octanol–water partition coefficient (Wildman–Crippen LogP) is 0.655. The molecule has 1 aliphatic rings. The van der Waals surface area contributed by atoms with Crippen molar-refractivity contribution in [1.29, 1.82) is 0 Å². The van der Waals surface area contributed by atoms with Gasteiger partial charge in [0.25, 0.3) is 0 Å². The highest BCUT2D eigenvalue weighted by Crippen LogP contribution is 2.09. The molecular formula is C10H23ClN2O2S. The van der Waals surface area contributed by atoms with Crippen LogP contribution in [-0.4, -0.2) is 50.0 Å². The Morgan fingerprint density at radius 3 is 2.56 bits per heavy atom. The van der Waals surface area contributed by atoms with E-state index < -0.39 is 9.84 Å². The predicted molar refractivity (Wildman–Crippen MR) is 69.8 cm³/mol. The molecule has 0 aliphatic carbocycles. The fourth-order valence-electron chi connectivity index (χ4n) is 1.79. The third-order valence-electron chi connectivity index (χ3n) is 2.95. The molecule has 1 fully saturated rings. The van der Waals surface area contributed by atoms with Crippen LogP contribution >= 0.6 is 12.4 Å². The highest BCUT2D eigenvalue weighted by Gasteiger charge is 2.20. The number of nitrogens with zero attached hydrogens (tertiary/aromatic N) is 1. The van der Waals surface area contributed by atoms with Crippen LogP contribution in [0.25, 0.3) is 0 Å². The van der Waals surface area contributed by atoms with Gasteiger partial charge in [-0.05, 0) is 33.2 Å². The van der Waals surface area contributed by atoms with Gasteiger partial charge in [0.1, 0.15) is 0 Å². The van der Waals surface area contributed by atoms with Gasteiger partial charge in [-0.1, -0.05) is 0 Å². The Morgan fingerprint density at radius 1 is 1.44 bits per heavy atom. The van der Waals surface area contributed by atoms with Gasteiger partial charge in [-0.25, -0.2) is 8.42 Å². The van der Waals surface area contributed by atoms with Crippen molar-refractivity contribution >= 4 is 22.2 Å². The van der Waals surface area contributed by atoms with Gasteiger partial charge in [-0.2, -0.15) is 0 Å². The molecule has 0 aromatic heterocycles. The molecule has 1 aliphatic heterocycles. The van der Waals surface area contributed by atoms with Crippen molar-refractivity contribution < 1.29 is 8.42 Å². The second kappa shape index (κ2) is 6.79. The molecule has 0 amide bonds. The number of nitrogens with two attached hydrogens (primary N) is 1. The standard InChI is InChI=1S/C10H22N2O2S.ClH/c1-9(2)15(13,14)7-6-12-5-3-4-10(11)8-12;/h9-10H,3-8,11H2,1-2H3;1H. The van der Waals surface area contributed by atoms with Crippen molar-refractivity contribution in [3.8, 4) is 0 Å². The van der Waals surface area contributed by atoms with Crippen LogP contribution in [-0.2, 0) is 9.84 Å². The monoisotopic (exact) mass is 270 g/mol. The molecule has 1 heterocycles. The molecule has 0 aromatic rings. The van der Waals surface area contributed by atoms with Gasteiger partial charge >= 0.3 is 0 Å². The van der Waals surface area contributed by atoms with E-state index in [1.165, 1.54) is 0 Å². The van der Waals surface area contributed by atoms with Crippen molar-refractivity contribution in [3.05, 3.63) is 0 Å². The maximum Gasteiger partial charge on any atom is 0.153 e. The van der Waals surface area contributed by atoms with Crippen molar-refractivity contribution in [2.45, 2.75) is 38.0 Å². The summed E-state index contributed by atoms with van der Waals surface area (Å²) in [7, 11) is -2.90. The Kier molecular flexibility index (Phi) is 6.86. The maximum absolute atomic E-state index is 11.6. The van der Waals surface area contributed by atoms with Crippen molar-refractivity contribution in [2.75, 3.05) is 25.4 Å². The first-order valence-electron chi connectivity index (χ1n) is 5.61. The lowest BCUT2D eigenvalue weighted by molar-refractivity contribution is 0.220. The van der Waals surface area contributed by atoms with E-state index in [2.05, 4.69) is 4.90 Å². The first-order valence-corrected chi connectivity index (χ1v) is 7.33. The van der Waals surface area contributed by atoms with Gasteiger partial charge in [0.2, 0.25) is 0 Å². The van der Waals surface area contributed by atoms with Gasteiger partial charge in [0, 0.05) is 19.1 Å². The van der Waals surface area contributed by atoms with Crippen LogP contribution in [0.1, 0.15) is 26.7 Å². The fraction of sp³-hybridized carbons (Fsp3) is 1.00. The van der Waals surface area contributed by atoms with Crippen LogP contribution in [0, 0.1) is 0 Å². The second-order valence-corrected chi connectivity index (χ2v) is 7.30. The second-order valence-electron chi connectivity index (χ2n) is 4.62. The molecule has 4 nitrogen and oxygen atoms in total. The van der Waals surface area contributed by atoms with E-state index in [-0.39, 0.29) is 29.5 Å². The molecule has 0 bridgehead atoms. The summed E-state index contributed by atoms with van der Waals surface area (Å²) in [5, 5.41) is -0.268. The van der Waals surface area contributed by atoms with E-state index in [1.807, 2.05) is 0 Å². The molecular weight excluding hydrogens is 248 g/mol. The van der Waals surface area contributed by atoms with Gasteiger partial charge in [0.15, 0.2) is 9.84 Å². The van der Waals surface area contributed by atoms with Crippen LogP contribution in [0.4, 0.5) is 0 Å². The number of halogens is 1. The van der Waals surface area contributed by atoms with Gasteiger partial charge in [0.05, 0.1) is 11.0 Å². The Labute approximate surface area is 105 Å². The number of likely N-dealkylation sites (tertiary alicyclic amines) is 1. The largest absolute Gasteiger partial charge is 0.327 e. The molecule has 98 valence electrons. The van der Waals surface area contributed by atoms with Crippen molar-refractivity contribution in [2.24, 2.45) is 5.73 Å². The molecule has 1 unspecified atom stereocenters. The highest BCUT2D eigenvalue weighted by atomic mass is 35.5. The summed E-state index contributed by atoms with van der Waals surface area (Å²) >= 11 is 0. The summed E-state index contributed by atoms with van der Waals surface area (Å²) in [6, 6.07) is 0.223. The molecule has 1 rings (SSSR count). The van der Waals surface area contributed by atoms with E-state index in [0.29, 0.717) is 6.54 Å². The molecule has 2 N–H and O–H groups in total. The summed E-state index contributed by atoms with van der Waals surface area (Å²) in [6.07, 6.45) is 2.15. The topological polar surface area (TPSA) is 63.4 Å². The maximum atomic E-state index is 11.6. The zero-order chi connectivity index (χ0) is 11.5. The molecule has 6 heteroatoms. The lowest BCUT2D eigenvalue weighted by Gasteiger charge is -2.30. The average molecular weight is 271 g/mol. The minimum absolute atomic E-state index is 0. The van der Waals surface area contributed by atoms with Gasteiger partial charge < -0.3 is 10.6 Å². The highest BCUT2D eigenvalue weighted by molar-refractivity contribution is 7.92. The van der Waals surface area contributed by atoms with Crippen LogP contribution in [0.3, 0.4) is 0 Å². The first kappa shape index (κ1) is 16.2. The van der Waals surface area contributed by atoms with E-state index >= 15 is 0 Å². The Balaban J connectivity index is 0.00000225. The van der Waals surface area contributed by atoms with E-state index in [9.17, 15) is 8.42 Å². The van der Waals surface area contributed by atoms with Crippen LogP contribution in [0.2, 0.25) is 0 Å². The van der Waals surface area contributed by atoms with E-state index in [1.54, 1.807) is 13.8 Å². The molecule has 0 radical (unpaired) electrons. The summed E-state index contributed by atoms with van der Waals surface area (Å²) in [6.45, 7) is 5.93. The van der Waals surface area contributed by atoms with Gasteiger partial charge in [-0.15, -0.1) is 12.4 Å². The summed E-state index contributed by atoms with van der Waals surface area (Å²) in [5.41, 5.74) is 5.83. The van der Waals surface area contributed by atoms with Crippen molar-refractivity contribution in [3.63, 3.8) is 0 Å². The summed E-state index contributed by atoms with van der Waals surface area (Å²) in [5.74, 6) is 0.261. The van der Waals surface area contributed by atoms with E-state index in [4.69, 9.17) is 5.73 Å². The molecule has 0 spiro atoms. The minimum Gasteiger partial charge on any atom is -0.327 e. The Morgan fingerprint density at radius 2 is 2.06 bits per heavy atom. The zero-order valence-corrected chi connectivity index (χ0v) is 11.7. The summed E-state index contributed by atoms with van der Waals surface area (Å²) in [4.78, 5) is 2.16. The Hall–Kier alpha value is 0.160. The fourth-order valence-corrected chi connectivity index (χ4v) is 2.77. The molecule has 16 heavy (non-hydrogen) atoms. The molecule has 1 atom stereocenters. The smallest absolute Gasteiger partial charge is 0.153 e. The number of piperidine rings is 1. The zero-order valence-electron chi connectivity index (χ0n) is 10.1.